The fraction of sp³-hybridized carbons (Fsp3) is 0.692. The van der Waals surface area contributed by atoms with Gasteiger partial charge in [-0.1, -0.05) is 0 Å². The molecule has 0 bridgehead atoms. The van der Waals surface area contributed by atoms with Crippen LogP contribution in [0.5, 0.6) is 5.88 Å². The third-order valence-electron chi connectivity index (χ3n) is 4.39. The molecule has 1 aliphatic heterocycles. The van der Waals surface area contributed by atoms with E-state index in [1.807, 2.05) is 0 Å². The summed E-state index contributed by atoms with van der Waals surface area (Å²) in [5.41, 5.74) is 0.410. The van der Waals surface area contributed by atoms with Gasteiger partial charge in [-0.05, 0) is 47.0 Å². The molecule has 3 rings (SSSR count). The van der Waals surface area contributed by atoms with Crippen molar-refractivity contribution in [1.82, 2.24) is 14.3 Å². The molecule has 1 aromatic heterocycles. The van der Waals surface area contributed by atoms with Crippen molar-refractivity contribution in [2.75, 3.05) is 31.0 Å². The normalized spacial score (nSPS) is 20.4. The van der Waals surface area contributed by atoms with Crippen LogP contribution in [0.15, 0.2) is 10.8 Å². The maximum absolute atomic E-state index is 12.5. The second-order valence-corrected chi connectivity index (χ2v) is 8.38. The van der Waals surface area contributed by atoms with Gasteiger partial charge < -0.3 is 9.84 Å². The van der Waals surface area contributed by atoms with Crippen LogP contribution in [0.2, 0.25) is 0 Å². The Labute approximate surface area is 143 Å². The van der Waals surface area contributed by atoms with Crippen molar-refractivity contribution in [3.8, 4) is 5.88 Å². The maximum Gasteiger partial charge on any atom is 0.302 e. The number of hydrogen-bond acceptors (Lipinski definition) is 6. The Hall–Kier alpha value is -0.970. The fourth-order valence-electron chi connectivity index (χ4n) is 2.73. The predicted octanol–water partition coefficient (Wildman–Crippen LogP) is 1.14. The van der Waals surface area contributed by atoms with Crippen LogP contribution >= 0.6 is 15.9 Å². The molecule has 0 unspecified atom stereocenters. The van der Waals surface area contributed by atoms with Crippen LogP contribution in [0, 0.1) is 5.41 Å². The summed E-state index contributed by atoms with van der Waals surface area (Å²) >= 11 is 3.24. The van der Waals surface area contributed by atoms with Crippen molar-refractivity contribution in [1.29, 1.82) is 0 Å². The highest BCUT2D eigenvalue weighted by Gasteiger charge is 2.46. The lowest BCUT2D eigenvalue weighted by Crippen LogP contribution is -2.42. The summed E-state index contributed by atoms with van der Waals surface area (Å²) in [5, 5.41) is 8.79. The highest BCUT2D eigenvalue weighted by molar-refractivity contribution is 9.10. The smallest absolute Gasteiger partial charge is 0.302 e. The van der Waals surface area contributed by atoms with E-state index in [1.165, 1.54) is 23.5 Å². The first-order chi connectivity index (χ1) is 11.0. The average molecular weight is 407 g/mol. The molecule has 0 aromatic carbocycles. The lowest BCUT2D eigenvalue weighted by Gasteiger charge is -2.31. The molecule has 128 valence electrons. The number of anilines is 1. The number of hydrogen-bond donors (Lipinski definition) is 2. The molecule has 2 fully saturated rings. The Bertz CT molecular complexity index is 671. The zero-order valence-corrected chi connectivity index (χ0v) is 14.9. The summed E-state index contributed by atoms with van der Waals surface area (Å²) in [6.45, 7) is 0.973. The molecular formula is C13H19BrN4O4S. The Morgan fingerprint density at radius 3 is 2.61 bits per heavy atom. The van der Waals surface area contributed by atoms with Crippen LogP contribution < -0.4 is 9.46 Å². The minimum absolute atomic E-state index is 0.0655. The first-order valence-corrected chi connectivity index (χ1v) is 9.71. The van der Waals surface area contributed by atoms with Crippen LogP contribution in [-0.2, 0) is 10.2 Å². The van der Waals surface area contributed by atoms with Crippen LogP contribution in [0.1, 0.15) is 25.7 Å². The van der Waals surface area contributed by atoms with E-state index in [4.69, 9.17) is 9.84 Å². The van der Waals surface area contributed by atoms with Gasteiger partial charge in [-0.25, -0.2) is 9.97 Å². The molecule has 10 heteroatoms. The van der Waals surface area contributed by atoms with E-state index in [-0.39, 0.29) is 24.9 Å². The third-order valence-corrected chi connectivity index (χ3v) is 6.60. The first-order valence-electron chi connectivity index (χ1n) is 7.48. The van der Waals surface area contributed by atoms with Crippen LogP contribution in [-0.4, -0.2) is 54.1 Å². The average Bonchev–Trinajstić information content (AvgIpc) is 3.27. The number of halogens is 1. The van der Waals surface area contributed by atoms with Crippen molar-refractivity contribution in [3.63, 3.8) is 0 Å². The predicted molar refractivity (Wildman–Crippen MR) is 87.3 cm³/mol. The number of nitrogens with one attached hydrogen (secondary N) is 1. The van der Waals surface area contributed by atoms with Crippen molar-refractivity contribution < 1.29 is 18.3 Å². The van der Waals surface area contributed by atoms with E-state index in [9.17, 15) is 8.42 Å². The number of piperidine rings is 1. The molecule has 1 aromatic rings. The van der Waals surface area contributed by atoms with Gasteiger partial charge in [-0.15, -0.1) is 0 Å². The van der Waals surface area contributed by atoms with Gasteiger partial charge in [-0.3, -0.25) is 4.72 Å². The fourth-order valence-corrected chi connectivity index (χ4v) is 4.47. The van der Waals surface area contributed by atoms with Crippen molar-refractivity contribution in [2.45, 2.75) is 25.7 Å². The number of nitrogens with zero attached hydrogens (tertiary/aromatic N) is 3. The summed E-state index contributed by atoms with van der Waals surface area (Å²) in [7, 11) is -3.66. The molecule has 0 radical (unpaired) electrons. The highest BCUT2D eigenvalue weighted by atomic mass is 79.9. The Morgan fingerprint density at radius 1 is 1.30 bits per heavy atom. The maximum atomic E-state index is 12.5. The lowest BCUT2D eigenvalue weighted by atomic mass is 9.95. The molecule has 0 amide bonds. The zero-order chi connectivity index (χ0) is 16.5. The minimum Gasteiger partial charge on any atom is -0.474 e. The minimum atomic E-state index is -3.66. The quantitative estimate of drug-likeness (QED) is 0.733. The SMILES string of the molecule is O=S(=O)(Nc1ncnc(OCCO)c1Br)N1CCC2(CC1)CC2. The zero-order valence-electron chi connectivity index (χ0n) is 12.5. The van der Waals surface area contributed by atoms with Gasteiger partial charge in [0, 0.05) is 13.1 Å². The van der Waals surface area contributed by atoms with Crippen LogP contribution in [0.25, 0.3) is 0 Å². The largest absolute Gasteiger partial charge is 0.474 e. The van der Waals surface area contributed by atoms with E-state index in [2.05, 4.69) is 30.6 Å². The van der Waals surface area contributed by atoms with Gasteiger partial charge >= 0.3 is 10.2 Å². The monoisotopic (exact) mass is 406 g/mol. The summed E-state index contributed by atoms with van der Waals surface area (Å²) in [6, 6.07) is 0. The highest BCUT2D eigenvalue weighted by Crippen LogP contribution is 2.53. The molecule has 0 atom stereocenters. The number of aromatic nitrogens is 2. The number of aliphatic hydroxyl groups excluding tert-OH is 1. The van der Waals surface area contributed by atoms with Gasteiger partial charge in [0.2, 0.25) is 5.88 Å². The molecule has 23 heavy (non-hydrogen) atoms. The van der Waals surface area contributed by atoms with Gasteiger partial charge in [0.15, 0.2) is 5.82 Å². The number of aliphatic hydroxyl groups is 1. The number of ether oxygens (including phenoxy) is 1. The second-order valence-electron chi connectivity index (χ2n) is 5.92. The molecule has 1 saturated carbocycles. The number of rotatable bonds is 6. The van der Waals surface area contributed by atoms with Gasteiger partial charge in [0.25, 0.3) is 0 Å². The topological polar surface area (TPSA) is 105 Å². The standard InChI is InChI=1S/C13H19BrN4O4S/c14-10-11(15-9-16-12(10)22-8-7-19)17-23(20,21)18-5-3-13(1-2-13)4-6-18/h9,19H,1-8H2,(H,15,16,17). The van der Waals surface area contributed by atoms with Crippen molar-refractivity contribution >= 4 is 32.0 Å². The molecule has 1 aliphatic carbocycles. The first kappa shape index (κ1) is 16.9. The van der Waals surface area contributed by atoms with Gasteiger partial charge in [-0.2, -0.15) is 12.7 Å². The van der Waals surface area contributed by atoms with E-state index >= 15 is 0 Å². The van der Waals surface area contributed by atoms with E-state index in [0.29, 0.717) is 23.0 Å². The molecule has 2 aliphatic rings. The van der Waals surface area contributed by atoms with Crippen LogP contribution in [0.4, 0.5) is 5.82 Å². The molecule has 8 nitrogen and oxygen atoms in total. The van der Waals surface area contributed by atoms with Crippen molar-refractivity contribution in [3.05, 3.63) is 10.8 Å². The molecule has 2 N–H and O–H groups in total. The van der Waals surface area contributed by atoms with E-state index in [1.54, 1.807) is 0 Å². The molecule has 1 saturated heterocycles. The van der Waals surface area contributed by atoms with E-state index < -0.39 is 10.2 Å². The Morgan fingerprint density at radius 2 is 2.00 bits per heavy atom. The van der Waals surface area contributed by atoms with E-state index in [0.717, 1.165) is 12.8 Å². The van der Waals surface area contributed by atoms with Gasteiger partial charge in [0.05, 0.1) is 6.61 Å². The summed E-state index contributed by atoms with van der Waals surface area (Å²) in [5.74, 6) is 0.307. The summed E-state index contributed by atoms with van der Waals surface area (Å²) in [4.78, 5) is 7.86. The molecule has 1 spiro atoms. The Kier molecular flexibility index (Phi) is 4.77. The lowest BCUT2D eigenvalue weighted by molar-refractivity contribution is 0.195. The molecular weight excluding hydrogens is 388 g/mol. The van der Waals surface area contributed by atoms with Gasteiger partial charge in [0.1, 0.15) is 17.4 Å². The summed E-state index contributed by atoms with van der Waals surface area (Å²) in [6.07, 6.45) is 5.49. The van der Waals surface area contributed by atoms with Crippen LogP contribution in [0.3, 0.4) is 0 Å². The summed E-state index contributed by atoms with van der Waals surface area (Å²) < 4.78 is 34.5. The van der Waals surface area contributed by atoms with Crippen molar-refractivity contribution in [2.24, 2.45) is 5.41 Å². The Balaban J connectivity index is 1.70. The second kappa shape index (κ2) is 6.50. The molecule has 2 heterocycles. The third kappa shape index (κ3) is 3.76.